The molecule has 1 N–H and O–H groups in total. The van der Waals surface area contributed by atoms with Crippen LogP contribution in [0, 0.1) is 0 Å². The molecule has 1 aliphatic rings. The normalized spacial score (nSPS) is 21.0. The summed E-state index contributed by atoms with van der Waals surface area (Å²) in [5, 5.41) is 10.4. The third-order valence-corrected chi connectivity index (χ3v) is 3.24. The number of hydrogen-bond acceptors (Lipinski definition) is 4. The number of nitrogens with zero attached hydrogens (tertiary/aromatic N) is 1. The zero-order valence-electron chi connectivity index (χ0n) is 12.8. The maximum Gasteiger partial charge on any atom is 0.410 e. The maximum absolute atomic E-state index is 12.1. The molecule has 0 aromatic heterocycles. The molecule has 0 radical (unpaired) electrons. The second kappa shape index (κ2) is 6.45. The predicted octanol–water partition coefficient (Wildman–Crippen LogP) is 2.36. The molecule has 1 aliphatic heterocycles. The number of amides is 1. The fraction of sp³-hybridized carbons (Fsp3) is 0.562. The van der Waals surface area contributed by atoms with Crippen molar-refractivity contribution < 1.29 is 19.4 Å². The highest BCUT2D eigenvalue weighted by Gasteiger charge is 2.32. The van der Waals surface area contributed by atoms with Crippen LogP contribution in [0.4, 0.5) is 4.79 Å². The number of rotatable bonds is 2. The number of hydrogen-bond donors (Lipinski definition) is 1. The lowest BCUT2D eigenvalue weighted by atomic mass is 10.0. The Morgan fingerprint density at radius 3 is 2.67 bits per heavy atom. The summed E-state index contributed by atoms with van der Waals surface area (Å²) in [5.41, 5.74) is 0.261. The van der Waals surface area contributed by atoms with Crippen molar-refractivity contribution in [3.8, 4) is 0 Å². The number of carbonyl (C=O) groups excluding carboxylic acids is 1. The predicted molar refractivity (Wildman–Crippen MR) is 78.9 cm³/mol. The first-order valence-corrected chi connectivity index (χ1v) is 7.19. The van der Waals surface area contributed by atoms with E-state index in [4.69, 9.17) is 9.47 Å². The molecule has 21 heavy (non-hydrogen) atoms. The van der Waals surface area contributed by atoms with Gasteiger partial charge in [-0.15, -0.1) is 0 Å². The Balaban J connectivity index is 1.99. The highest BCUT2D eigenvalue weighted by atomic mass is 16.6. The van der Waals surface area contributed by atoms with Crippen LogP contribution < -0.4 is 0 Å². The topological polar surface area (TPSA) is 59.0 Å². The average Bonchev–Trinajstić information content (AvgIpc) is 2.46. The van der Waals surface area contributed by atoms with E-state index in [-0.39, 0.29) is 6.09 Å². The van der Waals surface area contributed by atoms with E-state index in [2.05, 4.69) is 0 Å². The molecule has 5 heteroatoms. The van der Waals surface area contributed by atoms with Crippen LogP contribution in [0.15, 0.2) is 30.3 Å². The molecule has 2 rings (SSSR count). The van der Waals surface area contributed by atoms with Gasteiger partial charge in [-0.2, -0.15) is 0 Å². The van der Waals surface area contributed by atoms with Crippen molar-refractivity contribution in [3.05, 3.63) is 35.9 Å². The lowest BCUT2D eigenvalue weighted by molar-refractivity contribution is -0.0908. The summed E-state index contributed by atoms with van der Waals surface area (Å²) < 4.78 is 11.0. The van der Waals surface area contributed by atoms with Gasteiger partial charge in [0.05, 0.1) is 13.2 Å². The van der Waals surface area contributed by atoms with Crippen molar-refractivity contribution in [1.29, 1.82) is 0 Å². The molecule has 0 bridgehead atoms. The SMILES string of the molecule is CC(C)(C)OC(=O)N1CCO[C@@H](C(O)c2ccccc2)C1. The van der Waals surface area contributed by atoms with E-state index < -0.39 is 17.8 Å². The quantitative estimate of drug-likeness (QED) is 0.909. The van der Waals surface area contributed by atoms with E-state index in [0.717, 1.165) is 5.56 Å². The number of benzene rings is 1. The third kappa shape index (κ3) is 4.44. The molecular weight excluding hydrogens is 270 g/mol. The lowest BCUT2D eigenvalue weighted by Gasteiger charge is -2.36. The molecule has 1 heterocycles. The van der Waals surface area contributed by atoms with Gasteiger partial charge in [-0.1, -0.05) is 30.3 Å². The molecule has 1 saturated heterocycles. The first kappa shape index (κ1) is 15.8. The van der Waals surface area contributed by atoms with Crippen LogP contribution in [-0.4, -0.2) is 47.5 Å². The van der Waals surface area contributed by atoms with Gasteiger partial charge >= 0.3 is 6.09 Å². The Kier molecular flexibility index (Phi) is 4.85. The third-order valence-electron chi connectivity index (χ3n) is 3.24. The minimum Gasteiger partial charge on any atom is -0.444 e. The van der Waals surface area contributed by atoms with E-state index in [9.17, 15) is 9.90 Å². The summed E-state index contributed by atoms with van der Waals surface area (Å²) in [7, 11) is 0. The van der Waals surface area contributed by atoms with Gasteiger partial charge in [0.25, 0.3) is 0 Å². The minimum absolute atomic E-state index is 0.324. The van der Waals surface area contributed by atoms with Gasteiger partial charge in [-0.25, -0.2) is 4.79 Å². The summed E-state index contributed by atoms with van der Waals surface area (Å²) in [6.07, 6.45) is -1.55. The summed E-state index contributed by atoms with van der Waals surface area (Å²) in [4.78, 5) is 13.7. The molecule has 0 aliphatic carbocycles. The van der Waals surface area contributed by atoms with E-state index in [1.165, 1.54) is 0 Å². The molecule has 5 nitrogen and oxygen atoms in total. The first-order chi connectivity index (χ1) is 9.87. The molecule has 1 aromatic rings. The zero-order valence-corrected chi connectivity index (χ0v) is 12.8. The highest BCUT2D eigenvalue weighted by Crippen LogP contribution is 2.23. The standard InChI is InChI=1S/C16H23NO4/c1-16(2,3)21-15(19)17-9-10-20-13(11-17)14(18)12-7-5-4-6-8-12/h4-8,13-14,18H,9-11H2,1-3H3/t13-,14?/m1/s1. The van der Waals surface area contributed by atoms with Crippen molar-refractivity contribution in [2.24, 2.45) is 0 Å². The summed E-state index contributed by atoms with van der Waals surface area (Å²) in [6.45, 7) is 6.70. The van der Waals surface area contributed by atoms with E-state index in [1.54, 1.807) is 4.90 Å². The van der Waals surface area contributed by atoms with Crippen LogP contribution in [0.25, 0.3) is 0 Å². The summed E-state index contributed by atoms with van der Waals surface area (Å²) in [6, 6.07) is 9.33. The van der Waals surface area contributed by atoms with Gasteiger partial charge < -0.3 is 19.5 Å². The van der Waals surface area contributed by atoms with Gasteiger partial charge in [0.1, 0.15) is 17.8 Å². The van der Waals surface area contributed by atoms with Gasteiger partial charge in [0.2, 0.25) is 0 Å². The van der Waals surface area contributed by atoms with Gasteiger partial charge in [0, 0.05) is 6.54 Å². The molecule has 1 fully saturated rings. The van der Waals surface area contributed by atoms with Crippen molar-refractivity contribution in [2.45, 2.75) is 38.6 Å². The minimum atomic E-state index is -0.753. The van der Waals surface area contributed by atoms with Crippen LogP contribution in [-0.2, 0) is 9.47 Å². The van der Waals surface area contributed by atoms with Crippen LogP contribution in [0.2, 0.25) is 0 Å². The molecule has 0 saturated carbocycles. The highest BCUT2D eigenvalue weighted by molar-refractivity contribution is 5.68. The lowest BCUT2D eigenvalue weighted by Crippen LogP contribution is -2.49. The molecular formula is C16H23NO4. The molecule has 0 spiro atoms. The van der Waals surface area contributed by atoms with E-state index in [0.29, 0.717) is 19.7 Å². The number of ether oxygens (including phenoxy) is 2. The van der Waals surface area contributed by atoms with Gasteiger partial charge in [-0.05, 0) is 26.3 Å². The van der Waals surface area contributed by atoms with Crippen LogP contribution in [0.3, 0.4) is 0 Å². The Bertz CT molecular complexity index is 469. The smallest absolute Gasteiger partial charge is 0.410 e. The number of aliphatic hydroxyl groups excluding tert-OH is 1. The van der Waals surface area contributed by atoms with E-state index >= 15 is 0 Å². The first-order valence-electron chi connectivity index (χ1n) is 7.19. The van der Waals surface area contributed by atoms with Crippen LogP contribution >= 0.6 is 0 Å². The molecule has 1 unspecified atom stereocenters. The summed E-state index contributed by atoms with van der Waals surface area (Å²) >= 11 is 0. The second-order valence-corrected chi connectivity index (χ2v) is 6.19. The fourth-order valence-corrected chi connectivity index (χ4v) is 2.22. The molecule has 1 aromatic carbocycles. The van der Waals surface area contributed by atoms with Crippen LogP contribution in [0.5, 0.6) is 0 Å². The van der Waals surface area contributed by atoms with Crippen molar-refractivity contribution >= 4 is 6.09 Å². The number of carbonyl (C=O) groups is 1. The largest absolute Gasteiger partial charge is 0.444 e. The monoisotopic (exact) mass is 293 g/mol. The number of morpholine rings is 1. The van der Waals surface area contributed by atoms with E-state index in [1.807, 2.05) is 51.1 Å². The fourth-order valence-electron chi connectivity index (χ4n) is 2.22. The van der Waals surface area contributed by atoms with Crippen molar-refractivity contribution in [1.82, 2.24) is 4.90 Å². The molecule has 116 valence electrons. The van der Waals surface area contributed by atoms with Crippen molar-refractivity contribution in [3.63, 3.8) is 0 Å². The zero-order chi connectivity index (χ0) is 15.5. The molecule has 2 atom stereocenters. The Labute approximate surface area is 125 Å². The van der Waals surface area contributed by atoms with Crippen LogP contribution in [0.1, 0.15) is 32.4 Å². The summed E-state index contributed by atoms with van der Waals surface area (Å²) in [5.74, 6) is 0. The molecule has 1 amide bonds. The Hall–Kier alpha value is -1.59. The van der Waals surface area contributed by atoms with Crippen molar-refractivity contribution in [2.75, 3.05) is 19.7 Å². The second-order valence-electron chi connectivity index (χ2n) is 6.19. The Morgan fingerprint density at radius 1 is 1.38 bits per heavy atom. The Morgan fingerprint density at radius 2 is 2.05 bits per heavy atom. The van der Waals surface area contributed by atoms with Gasteiger partial charge in [0.15, 0.2) is 0 Å². The average molecular weight is 293 g/mol. The number of aliphatic hydroxyl groups is 1. The van der Waals surface area contributed by atoms with Gasteiger partial charge in [-0.3, -0.25) is 0 Å². The maximum atomic E-state index is 12.1.